The summed E-state index contributed by atoms with van der Waals surface area (Å²) in [5.41, 5.74) is 3.56. The second-order valence-corrected chi connectivity index (χ2v) is 4.53. The van der Waals surface area contributed by atoms with Crippen LogP contribution in [0.2, 0.25) is 0 Å². The Kier molecular flexibility index (Phi) is 2.92. The summed E-state index contributed by atoms with van der Waals surface area (Å²) in [6.45, 7) is 3.11. The Morgan fingerprint density at radius 2 is 1.84 bits per heavy atom. The summed E-state index contributed by atoms with van der Waals surface area (Å²) in [7, 11) is 0. The van der Waals surface area contributed by atoms with Crippen LogP contribution in [0.3, 0.4) is 0 Å². The molecule has 0 aliphatic carbocycles. The van der Waals surface area contributed by atoms with E-state index in [0.717, 1.165) is 18.4 Å². The molecule has 94 valence electrons. The van der Waals surface area contributed by atoms with Gasteiger partial charge >= 0.3 is 0 Å². The van der Waals surface area contributed by atoms with Gasteiger partial charge in [-0.05, 0) is 36.8 Å². The maximum absolute atomic E-state index is 10.4. The molecule has 0 radical (unpaired) electrons. The van der Waals surface area contributed by atoms with E-state index in [1.807, 2.05) is 12.1 Å². The number of fused-ring (bicyclic) bond motifs is 3. The SMILES string of the molecule is CCn1c2ccccc2c2cc(/C=C/C=O)ccc21. The monoisotopic (exact) mass is 249 g/mol. The molecular weight excluding hydrogens is 234 g/mol. The van der Waals surface area contributed by atoms with Crippen molar-refractivity contribution in [1.82, 2.24) is 4.57 Å². The van der Waals surface area contributed by atoms with Gasteiger partial charge in [-0.1, -0.05) is 30.3 Å². The minimum Gasteiger partial charge on any atom is -0.341 e. The number of allylic oxidation sites excluding steroid dienone is 1. The molecule has 1 aromatic heterocycles. The molecule has 2 heteroatoms. The molecule has 0 fully saturated rings. The summed E-state index contributed by atoms with van der Waals surface area (Å²) in [6, 6.07) is 14.8. The molecule has 0 N–H and O–H groups in total. The van der Waals surface area contributed by atoms with Crippen LogP contribution in [-0.4, -0.2) is 10.9 Å². The van der Waals surface area contributed by atoms with Crippen LogP contribution in [0.1, 0.15) is 12.5 Å². The Morgan fingerprint density at radius 3 is 2.63 bits per heavy atom. The number of carbonyl (C=O) groups excluding carboxylic acids is 1. The number of para-hydroxylation sites is 1. The van der Waals surface area contributed by atoms with Crippen LogP contribution >= 0.6 is 0 Å². The Balaban J connectivity index is 2.36. The number of aldehydes is 1. The number of aryl methyl sites for hydroxylation is 1. The highest BCUT2D eigenvalue weighted by atomic mass is 16.1. The summed E-state index contributed by atoms with van der Waals surface area (Å²) >= 11 is 0. The maximum atomic E-state index is 10.4. The lowest BCUT2D eigenvalue weighted by molar-refractivity contribution is -0.104. The molecule has 1 heterocycles. The van der Waals surface area contributed by atoms with Crippen LogP contribution in [0, 0.1) is 0 Å². The van der Waals surface area contributed by atoms with Crippen molar-refractivity contribution in [3.05, 3.63) is 54.1 Å². The third-order valence-electron chi connectivity index (χ3n) is 3.48. The predicted octanol–water partition coefficient (Wildman–Crippen LogP) is 4.03. The van der Waals surface area contributed by atoms with Crippen molar-refractivity contribution in [1.29, 1.82) is 0 Å². The number of rotatable bonds is 3. The molecule has 0 saturated heterocycles. The van der Waals surface area contributed by atoms with Crippen molar-refractivity contribution < 1.29 is 4.79 Å². The van der Waals surface area contributed by atoms with Gasteiger partial charge in [-0.15, -0.1) is 0 Å². The van der Waals surface area contributed by atoms with E-state index < -0.39 is 0 Å². The second kappa shape index (κ2) is 4.73. The van der Waals surface area contributed by atoms with Gasteiger partial charge in [0.2, 0.25) is 0 Å². The molecule has 0 atom stereocenters. The summed E-state index contributed by atoms with van der Waals surface area (Å²) in [6.07, 6.45) is 4.17. The van der Waals surface area contributed by atoms with E-state index in [4.69, 9.17) is 0 Å². The molecule has 3 rings (SSSR count). The van der Waals surface area contributed by atoms with E-state index in [2.05, 4.69) is 47.9 Å². The smallest absolute Gasteiger partial charge is 0.142 e. The lowest BCUT2D eigenvalue weighted by Crippen LogP contribution is -1.92. The molecule has 3 aromatic rings. The van der Waals surface area contributed by atoms with Crippen LogP contribution in [0.4, 0.5) is 0 Å². The van der Waals surface area contributed by atoms with Crippen LogP contribution < -0.4 is 0 Å². The summed E-state index contributed by atoms with van der Waals surface area (Å²) < 4.78 is 2.32. The highest BCUT2D eigenvalue weighted by molar-refractivity contribution is 6.08. The first-order valence-corrected chi connectivity index (χ1v) is 6.48. The van der Waals surface area contributed by atoms with Gasteiger partial charge in [0.05, 0.1) is 0 Å². The first-order chi connectivity index (χ1) is 9.35. The van der Waals surface area contributed by atoms with Gasteiger partial charge in [0.15, 0.2) is 0 Å². The van der Waals surface area contributed by atoms with Gasteiger partial charge in [-0.3, -0.25) is 4.79 Å². The average molecular weight is 249 g/mol. The fourth-order valence-corrected chi connectivity index (χ4v) is 2.67. The Morgan fingerprint density at radius 1 is 1.05 bits per heavy atom. The van der Waals surface area contributed by atoms with Crippen LogP contribution in [-0.2, 0) is 11.3 Å². The zero-order chi connectivity index (χ0) is 13.2. The molecule has 2 aromatic carbocycles. The van der Waals surface area contributed by atoms with Crippen LogP contribution in [0.25, 0.3) is 27.9 Å². The van der Waals surface area contributed by atoms with Gasteiger partial charge in [0.1, 0.15) is 6.29 Å². The number of hydrogen-bond acceptors (Lipinski definition) is 1. The summed E-state index contributed by atoms with van der Waals surface area (Å²) in [5.74, 6) is 0. The van der Waals surface area contributed by atoms with Gasteiger partial charge < -0.3 is 4.57 Å². The van der Waals surface area contributed by atoms with Crippen LogP contribution in [0.15, 0.2) is 48.5 Å². The minimum absolute atomic E-state index is 0.805. The summed E-state index contributed by atoms with van der Waals surface area (Å²) in [4.78, 5) is 10.4. The zero-order valence-corrected chi connectivity index (χ0v) is 10.8. The highest BCUT2D eigenvalue weighted by Crippen LogP contribution is 2.29. The fourth-order valence-electron chi connectivity index (χ4n) is 2.67. The third kappa shape index (κ3) is 1.85. The number of carbonyl (C=O) groups is 1. The van der Waals surface area contributed by atoms with Gasteiger partial charge in [0, 0.05) is 28.4 Å². The first-order valence-electron chi connectivity index (χ1n) is 6.48. The van der Waals surface area contributed by atoms with Crippen molar-refractivity contribution >= 4 is 34.2 Å². The Bertz CT molecular complexity index is 780. The van der Waals surface area contributed by atoms with Crippen molar-refractivity contribution in [3.8, 4) is 0 Å². The Labute approximate surface area is 112 Å². The van der Waals surface area contributed by atoms with Gasteiger partial charge in [0.25, 0.3) is 0 Å². The molecule has 2 nitrogen and oxygen atoms in total. The Hall–Kier alpha value is -2.35. The van der Waals surface area contributed by atoms with Crippen molar-refractivity contribution in [2.75, 3.05) is 0 Å². The van der Waals surface area contributed by atoms with E-state index in [0.29, 0.717) is 0 Å². The third-order valence-corrected chi connectivity index (χ3v) is 3.48. The second-order valence-electron chi connectivity index (χ2n) is 4.53. The molecule has 0 aliphatic rings. The highest BCUT2D eigenvalue weighted by Gasteiger charge is 2.08. The van der Waals surface area contributed by atoms with E-state index in [-0.39, 0.29) is 0 Å². The number of hydrogen-bond donors (Lipinski definition) is 0. The molecule has 0 spiro atoms. The first kappa shape index (κ1) is 11.7. The zero-order valence-electron chi connectivity index (χ0n) is 10.8. The largest absolute Gasteiger partial charge is 0.341 e. The van der Waals surface area contributed by atoms with E-state index >= 15 is 0 Å². The molecular formula is C17H15NO. The van der Waals surface area contributed by atoms with Gasteiger partial charge in [-0.25, -0.2) is 0 Å². The molecule has 0 amide bonds. The number of nitrogens with zero attached hydrogens (tertiary/aromatic N) is 1. The van der Waals surface area contributed by atoms with Crippen molar-refractivity contribution in [2.45, 2.75) is 13.5 Å². The fraction of sp³-hybridized carbons (Fsp3) is 0.118. The molecule has 0 bridgehead atoms. The molecule has 19 heavy (non-hydrogen) atoms. The lowest BCUT2D eigenvalue weighted by Gasteiger charge is -2.02. The topological polar surface area (TPSA) is 22.0 Å². The van der Waals surface area contributed by atoms with Crippen molar-refractivity contribution in [3.63, 3.8) is 0 Å². The maximum Gasteiger partial charge on any atom is 0.142 e. The summed E-state index contributed by atoms with van der Waals surface area (Å²) in [5, 5.41) is 2.51. The lowest BCUT2D eigenvalue weighted by atomic mass is 10.1. The predicted molar refractivity (Wildman–Crippen MR) is 80.2 cm³/mol. The standard InChI is InChI=1S/C17H15NO/c1-2-18-16-8-4-3-7-14(16)15-12-13(6-5-11-19)9-10-17(15)18/h3-12H,2H2,1H3/b6-5+. The quantitative estimate of drug-likeness (QED) is 0.507. The normalized spacial score (nSPS) is 11.6. The van der Waals surface area contributed by atoms with Gasteiger partial charge in [-0.2, -0.15) is 0 Å². The van der Waals surface area contributed by atoms with E-state index in [1.165, 1.54) is 27.9 Å². The molecule has 0 saturated carbocycles. The molecule has 0 aliphatic heterocycles. The van der Waals surface area contributed by atoms with E-state index in [1.54, 1.807) is 0 Å². The molecule has 0 unspecified atom stereocenters. The number of aromatic nitrogens is 1. The average Bonchev–Trinajstić information content (AvgIpc) is 2.78. The number of benzene rings is 2. The van der Waals surface area contributed by atoms with E-state index in [9.17, 15) is 4.79 Å². The van der Waals surface area contributed by atoms with Crippen molar-refractivity contribution in [2.24, 2.45) is 0 Å². The minimum atomic E-state index is 0.805. The van der Waals surface area contributed by atoms with Crippen LogP contribution in [0.5, 0.6) is 0 Å².